The lowest BCUT2D eigenvalue weighted by atomic mass is 9.33. The second-order valence-corrected chi connectivity index (χ2v) is 48.9. The summed E-state index contributed by atoms with van der Waals surface area (Å²) in [6.45, 7) is 78.5. The molecule has 4 nitrogen and oxygen atoms in total. The molecule has 0 bridgehead atoms. The zero-order chi connectivity index (χ0) is 91.6. The Labute approximate surface area is 762 Å². The van der Waals surface area contributed by atoms with E-state index in [9.17, 15) is 0 Å². The summed E-state index contributed by atoms with van der Waals surface area (Å²) >= 11 is 0. The normalized spacial score (nSPS) is 14.0. The van der Waals surface area contributed by atoms with Crippen molar-refractivity contribution in [1.82, 2.24) is 9.13 Å². The monoisotopic (exact) mass is 1670 g/mol. The molecule has 0 atom stereocenters. The number of benzene rings is 13. The Balaban J connectivity index is 1.09. The Morgan fingerprint density at radius 3 is 0.748 bits per heavy atom. The Morgan fingerprint density at radius 1 is 0.197 bits per heavy atom. The maximum Gasteiger partial charge on any atom is 0.252 e. The van der Waals surface area contributed by atoms with Crippen LogP contribution in [0.25, 0.3) is 99.5 Å². The lowest BCUT2D eigenvalue weighted by molar-refractivity contribution is 0.571. The first kappa shape index (κ1) is 88.2. The van der Waals surface area contributed by atoms with Gasteiger partial charge in [0.2, 0.25) is 0 Å². The number of fused-ring (bicyclic) bond motifs is 10. The van der Waals surface area contributed by atoms with Gasteiger partial charge < -0.3 is 18.9 Å². The van der Waals surface area contributed by atoms with Crippen LogP contribution in [0, 0.1) is 0 Å². The van der Waals surface area contributed by atoms with Crippen molar-refractivity contribution in [1.29, 1.82) is 0 Å². The van der Waals surface area contributed by atoms with E-state index in [1.807, 2.05) is 0 Å². The van der Waals surface area contributed by atoms with Crippen LogP contribution in [0.15, 0.2) is 243 Å². The van der Waals surface area contributed by atoms with Crippen molar-refractivity contribution in [2.24, 2.45) is 0 Å². The molecule has 0 amide bonds. The van der Waals surface area contributed by atoms with Crippen LogP contribution in [0.1, 0.15) is 290 Å². The molecule has 0 fully saturated rings. The summed E-state index contributed by atoms with van der Waals surface area (Å²) in [7, 11) is 0. The molecular formula is C122H139BN4. The van der Waals surface area contributed by atoms with E-state index in [1.165, 1.54) is 177 Å². The number of anilines is 6. The van der Waals surface area contributed by atoms with Crippen molar-refractivity contribution >= 4 is 101 Å². The molecule has 17 rings (SSSR count). The third kappa shape index (κ3) is 15.4. The largest absolute Gasteiger partial charge is 0.311 e. The Hall–Kier alpha value is -10.9. The SMILES string of the molecule is CC(C)(C)c1cc2c3c(c1)N(c1cc(-c4c(C(C)(C)C)cccc4C(C)(C)C)ccc1-c1ccccc1C(C)(C)C)c1cc(-n4c5ccc(C(C)(C)C)cc5c5cc(C(C)(C)C)ccc54)ccc1B3c1ccc(-n3c4ccc(C(C)(C)C)cc4c4cc(C(C)(C)C)ccc43)cc1N2c1cc(-c2c(C(C)(C)C)cccc2C(C)(C)C)ccc1-c1ccccc1C(C)(C)C. The van der Waals surface area contributed by atoms with Crippen molar-refractivity contribution in [3.05, 3.63) is 304 Å². The predicted octanol–water partition coefficient (Wildman–Crippen LogP) is 32.9. The highest BCUT2D eigenvalue weighted by molar-refractivity contribution is 7.00. The maximum atomic E-state index is 2.80. The van der Waals surface area contributed by atoms with Gasteiger partial charge in [-0.25, -0.2) is 0 Å². The molecule has 0 unspecified atom stereocenters. The second-order valence-electron chi connectivity index (χ2n) is 48.9. The number of hydrogen-bond acceptors (Lipinski definition) is 2. The Morgan fingerprint density at radius 2 is 0.472 bits per heavy atom. The molecule has 0 saturated heterocycles. The molecule has 0 saturated carbocycles. The first-order valence-corrected chi connectivity index (χ1v) is 47.0. The standard InChI is InChI=1S/C122H139BN4/c1-112(2,3)76-50-60-99-87(66-76)88-67-77(113(4,5)6)51-61-100(88)124(99)81-54-58-97-105(72-81)126(103-64-74(48-56-85(103)83-40-34-36-42-91(83)117(16,17)18)109-93(119(22,23)24)44-38-45-94(109)120(25,26)27)107-70-80(116(13,14)15)71-108-111(107)123(97)98-59-55-82(125-101-62-52-78(114(7,8)9)68-89(101)90-69-79(115(10,11)12)53-63-102(90)125)73-106(98)127(108)104-65-75(49-57-86(104)84-41-35-37-43-92(84)118(19,20)21)110-95(121(28,29)30)46-39-47-96(110)122(31,32)33/h34-73H,1-33H3. The molecule has 0 N–H and O–H groups in total. The fraction of sp³-hybridized carbons (Fsp3) is 0.361. The fourth-order valence-electron chi connectivity index (χ4n) is 20.8. The van der Waals surface area contributed by atoms with Gasteiger partial charge in [0.05, 0.1) is 33.4 Å². The molecule has 15 aromatic rings. The summed E-state index contributed by atoms with van der Waals surface area (Å²) < 4.78 is 5.21. The number of hydrogen-bond donors (Lipinski definition) is 0. The molecular weight excluding hydrogens is 1530 g/mol. The highest BCUT2D eigenvalue weighted by Crippen LogP contribution is 2.56. The molecule has 2 aliphatic rings. The first-order valence-electron chi connectivity index (χ1n) is 47.0. The van der Waals surface area contributed by atoms with Gasteiger partial charge in [0, 0.05) is 66.8 Å². The molecule has 4 heterocycles. The minimum atomic E-state index is -0.377. The molecule has 0 radical (unpaired) electrons. The number of rotatable bonds is 8. The van der Waals surface area contributed by atoms with E-state index in [0.29, 0.717) is 0 Å². The molecule has 0 aliphatic carbocycles. The summed E-state index contributed by atoms with van der Waals surface area (Å²) in [5.41, 5.74) is 40.0. The van der Waals surface area contributed by atoms with Crippen molar-refractivity contribution in [3.8, 4) is 55.9 Å². The van der Waals surface area contributed by atoms with Crippen molar-refractivity contribution in [2.45, 2.75) is 288 Å². The zero-order valence-corrected chi connectivity index (χ0v) is 83.0. The minimum absolute atomic E-state index is 0.0786. The first-order chi connectivity index (χ1) is 59.0. The summed E-state index contributed by atoms with van der Waals surface area (Å²) in [5, 5.41) is 5.07. The van der Waals surface area contributed by atoms with Gasteiger partial charge in [0.1, 0.15) is 0 Å². The quantitative estimate of drug-likeness (QED) is 0.141. The van der Waals surface area contributed by atoms with Gasteiger partial charge in [-0.15, -0.1) is 0 Å². The smallest absolute Gasteiger partial charge is 0.252 e. The van der Waals surface area contributed by atoms with E-state index in [2.05, 4.69) is 490 Å². The molecule has 127 heavy (non-hydrogen) atoms. The average Bonchev–Trinajstić information content (AvgIpc) is 0.903. The second kappa shape index (κ2) is 29.9. The molecule has 5 heteroatoms. The summed E-state index contributed by atoms with van der Waals surface area (Å²) in [6, 6.07) is 98.1. The van der Waals surface area contributed by atoms with Gasteiger partial charge in [-0.2, -0.15) is 0 Å². The zero-order valence-electron chi connectivity index (χ0n) is 83.0. The number of nitrogens with zero attached hydrogens (tertiary/aromatic N) is 4. The highest BCUT2D eigenvalue weighted by Gasteiger charge is 2.47. The van der Waals surface area contributed by atoms with Gasteiger partial charge >= 0.3 is 0 Å². The summed E-state index contributed by atoms with van der Waals surface area (Å²) in [4.78, 5) is 5.60. The van der Waals surface area contributed by atoms with Crippen molar-refractivity contribution < 1.29 is 0 Å². The van der Waals surface area contributed by atoms with Gasteiger partial charge in [-0.05, 0) is 268 Å². The minimum Gasteiger partial charge on any atom is -0.311 e. The Kier molecular flexibility index (Phi) is 20.7. The van der Waals surface area contributed by atoms with E-state index in [1.54, 1.807) is 0 Å². The molecule has 0 spiro atoms. The van der Waals surface area contributed by atoms with Crippen molar-refractivity contribution in [2.75, 3.05) is 9.80 Å². The predicted molar refractivity (Wildman–Crippen MR) is 557 cm³/mol. The van der Waals surface area contributed by atoms with Crippen LogP contribution in [0.4, 0.5) is 34.1 Å². The number of aromatic nitrogens is 2. The van der Waals surface area contributed by atoms with E-state index in [0.717, 1.165) is 34.1 Å². The third-order valence-corrected chi connectivity index (χ3v) is 27.9. The van der Waals surface area contributed by atoms with Crippen LogP contribution in [0.5, 0.6) is 0 Å². The van der Waals surface area contributed by atoms with E-state index in [4.69, 9.17) is 0 Å². The summed E-state index contributed by atoms with van der Waals surface area (Å²) in [6.07, 6.45) is 0. The van der Waals surface area contributed by atoms with Gasteiger partial charge in [0.15, 0.2) is 0 Å². The highest BCUT2D eigenvalue weighted by atomic mass is 15.2. The molecule has 2 aliphatic heterocycles. The van der Waals surface area contributed by atoms with E-state index >= 15 is 0 Å². The summed E-state index contributed by atoms with van der Waals surface area (Å²) in [5.74, 6) is 0. The van der Waals surface area contributed by atoms with Crippen LogP contribution >= 0.6 is 0 Å². The maximum absolute atomic E-state index is 2.80. The fourth-order valence-corrected chi connectivity index (χ4v) is 20.8. The third-order valence-electron chi connectivity index (χ3n) is 27.9. The van der Waals surface area contributed by atoms with Crippen LogP contribution in [-0.4, -0.2) is 15.8 Å². The topological polar surface area (TPSA) is 16.3 Å². The Bertz CT molecular complexity index is 6340. The molecule has 2 aromatic heterocycles. The van der Waals surface area contributed by atoms with Crippen LogP contribution in [-0.2, 0) is 59.6 Å². The van der Waals surface area contributed by atoms with Gasteiger partial charge in [-0.1, -0.05) is 374 Å². The van der Waals surface area contributed by atoms with Crippen molar-refractivity contribution in [3.63, 3.8) is 0 Å². The lowest BCUT2D eigenvalue weighted by Gasteiger charge is -2.46. The lowest BCUT2D eigenvalue weighted by Crippen LogP contribution is -2.61. The van der Waals surface area contributed by atoms with Gasteiger partial charge in [0.25, 0.3) is 6.71 Å². The van der Waals surface area contributed by atoms with E-state index in [-0.39, 0.29) is 66.3 Å². The van der Waals surface area contributed by atoms with E-state index < -0.39 is 0 Å². The van der Waals surface area contributed by atoms with Crippen LogP contribution in [0.3, 0.4) is 0 Å². The molecule has 13 aromatic carbocycles. The van der Waals surface area contributed by atoms with Crippen LogP contribution < -0.4 is 26.2 Å². The molecule has 650 valence electrons. The van der Waals surface area contributed by atoms with Gasteiger partial charge in [-0.3, -0.25) is 0 Å². The average molecular weight is 1670 g/mol. The van der Waals surface area contributed by atoms with Crippen LogP contribution in [0.2, 0.25) is 0 Å².